The number of rotatable bonds is 4. The maximum Gasteiger partial charge on any atom is 0.308 e. The highest BCUT2D eigenvalue weighted by Crippen LogP contribution is 2.36. The number of esters is 1. The first-order valence-corrected chi connectivity index (χ1v) is 7.99. The Morgan fingerprint density at radius 3 is 2.57 bits per heavy atom. The highest BCUT2D eigenvalue weighted by atomic mass is 32.1. The van der Waals surface area contributed by atoms with Crippen LogP contribution in [-0.4, -0.2) is 19.2 Å². The number of fused-ring (bicyclic) bond motifs is 1. The average Bonchev–Trinajstić information content (AvgIpc) is 2.91. The summed E-state index contributed by atoms with van der Waals surface area (Å²) in [5.74, 6) is 0.239. The number of benzene rings is 2. The van der Waals surface area contributed by atoms with E-state index >= 15 is 0 Å². The lowest BCUT2D eigenvalue weighted by molar-refractivity contribution is -0.131. The molecule has 0 aliphatic rings. The van der Waals surface area contributed by atoms with Crippen LogP contribution in [0.15, 0.2) is 59.7 Å². The molecule has 1 heterocycles. The molecule has 0 atom stereocenters. The van der Waals surface area contributed by atoms with Crippen molar-refractivity contribution < 1.29 is 9.53 Å². The summed E-state index contributed by atoms with van der Waals surface area (Å²) in [6.45, 7) is 1.41. The first-order valence-electron chi connectivity index (χ1n) is 7.18. The van der Waals surface area contributed by atoms with Gasteiger partial charge in [-0.1, -0.05) is 30.3 Å². The molecule has 0 amide bonds. The van der Waals surface area contributed by atoms with Crippen molar-refractivity contribution in [3.8, 4) is 5.75 Å². The van der Waals surface area contributed by atoms with Crippen molar-refractivity contribution in [3.05, 3.63) is 59.5 Å². The number of nitrogens with zero attached hydrogens (tertiary/aromatic N) is 2. The van der Waals surface area contributed by atoms with Crippen LogP contribution in [0, 0.1) is 0 Å². The third-order valence-corrected chi connectivity index (χ3v) is 4.39. The molecule has 0 aliphatic heterocycles. The first-order chi connectivity index (χ1) is 11.1. The lowest BCUT2D eigenvalue weighted by Gasteiger charge is -2.12. The van der Waals surface area contributed by atoms with Gasteiger partial charge in [0.25, 0.3) is 0 Å². The second-order valence-electron chi connectivity index (χ2n) is 4.99. The fourth-order valence-electron chi connectivity index (χ4n) is 2.22. The van der Waals surface area contributed by atoms with Crippen LogP contribution in [0.25, 0.3) is 10.1 Å². The van der Waals surface area contributed by atoms with E-state index in [0.717, 1.165) is 20.7 Å². The number of hydrogen-bond donors (Lipinski definition) is 0. The Labute approximate surface area is 138 Å². The molecule has 0 N–H and O–H groups in total. The number of ether oxygens (including phenoxy) is 1. The van der Waals surface area contributed by atoms with Gasteiger partial charge in [-0.2, -0.15) is 5.10 Å². The smallest absolute Gasteiger partial charge is 0.308 e. The van der Waals surface area contributed by atoms with Crippen molar-refractivity contribution in [3.63, 3.8) is 0 Å². The number of para-hydroxylation sites is 1. The minimum absolute atomic E-state index is 0.334. The van der Waals surface area contributed by atoms with Gasteiger partial charge >= 0.3 is 5.97 Å². The minimum Gasteiger partial charge on any atom is -0.424 e. The molecule has 2 aromatic carbocycles. The molecule has 0 spiro atoms. The number of hydrogen-bond acceptors (Lipinski definition) is 5. The SMILES string of the molecule is CC(=O)Oc1c(/C=N/N(C)c2ccccc2)sc2ccccc12. The molecule has 5 heteroatoms. The number of hydrazone groups is 1. The lowest BCUT2D eigenvalue weighted by atomic mass is 10.2. The standard InChI is InChI=1S/C18H16N2O2S/c1-13(21)22-18-15-10-6-7-11-16(15)23-17(18)12-19-20(2)14-8-4-3-5-9-14/h3-12H,1-2H3/b19-12+. The molecule has 23 heavy (non-hydrogen) atoms. The normalized spacial score (nSPS) is 11.0. The van der Waals surface area contributed by atoms with E-state index in [9.17, 15) is 4.79 Å². The molecule has 1 aromatic heterocycles. The third-order valence-electron chi connectivity index (χ3n) is 3.30. The van der Waals surface area contributed by atoms with Crippen LogP contribution in [-0.2, 0) is 4.79 Å². The molecule has 4 nitrogen and oxygen atoms in total. The fourth-order valence-corrected chi connectivity index (χ4v) is 3.22. The van der Waals surface area contributed by atoms with Crippen molar-refractivity contribution in [2.45, 2.75) is 6.92 Å². The highest BCUT2D eigenvalue weighted by Gasteiger charge is 2.14. The largest absolute Gasteiger partial charge is 0.424 e. The van der Waals surface area contributed by atoms with Gasteiger partial charge in [-0.25, -0.2) is 0 Å². The maximum absolute atomic E-state index is 11.4. The molecule has 0 aliphatic carbocycles. The van der Waals surface area contributed by atoms with Crippen LogP contribution in [0.4, 0.5) is 5.69 Å². The Balaban J connectivity index is 1.95. The van der Waals surface area contributed by atoms with Gasteiger partial charge in [-0.05, 0) is 24.3 Å². The van der Waals surface area contributed by atoms with E-state index < -0.39 is 0 Å². The van der Waals surface area contributed by atoms with Gasteiger partial charge in [0.2, 0.25) is 0 Å². The van der Waals surface area contributed by atoms with Gasteiger partial charge in [-0.15, -0.1) is 11.3 Å². The van der Waals surface area contributed by atoms with Gasteiger partial charge in [0.05, 0.1) is 16.8 Å². The second kappa shape index (κ2) is 6.62. The molecule has 0 saturated heterocycles. The summed E-state index contributed by atoms with van der Waals surface area (Å²) in [7, 11) is 1.88. The van der Waals surface area contributed by atoms with Gasteiger partial charge in [0, 0.05) is 24.1 Å². The Kier molecular flexibility index (Phi) is 4.39. The Hall–Kier alpha value is -2.66. The van der Waals surface area contributed by atoms with E-state index in [1.54, 1.807) is 22.6 Å². The zero-order valence-corrected chi connectivity index (χ0v) is 13.7. The Bertz CT molecular complexity index is 856. The predicted molar refractivity (Wildman–Crippen MR) is 95.6 cm³/mol. The summed E-state index contributed by atoms with van der Waals surface area (Å²) < 4.78 is 6.46. The summed E-state index contributed by atoms with van der Waals surface area (Å²) in [6, 6.07) is 17.7. The topological polar surface area (TPSA) is 41.9 Å². The molecule has 3 aromatic rings. The molecule has 0 radical (unpaired) electrons. The van der Waals surface area contributed by atoms with Crippen LogP contribution in [0.5, 0.6) is 5.75 Å². The fraction of sp³-hybridized carbons (Fsp3) is 0.111. The van der Waals surface area contributed by atoms with Crippen LogP contribution >= 0.6 is 11.3 Å². The van der Waals surface area contributed by atoms with Gasteiger partial charge in [-0.3, -0.25) is 9.80 Å². The monoisotopic (exact) mass is 324 g/mol. The van der Waals surface area contributed by atoms with Crippen molar-refractivity contribution in [2.75, 3.05) is 12.1 Å². The Morgan fingerprint density at radius 1 is 1.13 bits per heavy atom. The zero-order valence-electron chi connectivity index (χ0n) is 12.9. The number of carbonyl (C=O) groups excluding carboxylic acids is 1. The maximum atomic E-state index is 11.4. The molecular formula is C18H16N2O2S. The van der Waals surface area contributed by atoms with E-state index in [4.69, 9.17) is 4.74 Å². The third kappa shape index (κ3) is 3.40. The van der Waals surface area contributed by atoms with E-state index in [-0.39, 0.29) is 5.97 Å². The minimum atomic E-state index is -0.334. The van der Waals surface area contributed by atoms with Crippen molar-refractivity contribution in [1.29, 1.82) is 0 Å². The molecule has 0 fully saturated rings. The summed E-state index contributed by atoms with van der Waals surface area (Å²) in [6.07, 6.45) is 1.73. The highest BCUT2D eigenvalue weighted by molar-refractivity contribution is 7.21. The first kappa shape index (κ1) is 15.2. The molecule has 0 unspecified atom stereocenters. The van der Waals surface area contributed by atoms with E-state index in [1.165, 1.54) is 6.92 Å². The van der Waals surface area contributed by atoms with Crippen molar-refractivity contribution in [2.24, 2.45) is 5.10 Å². The quantitative estimate of drug-likeness (QED) is 0.408. The van der Waals surface area contributed by atoms with E-state index in [1.807, 2.05) is 61.6 Å². The van der Waals surface area contributed by atoms with Crippen LogP contribution < -0.4 is 9.75 Å². The summed E-state index contributed by atoms with van der Waals surface area (Å²) in [5, 5.41) is 7.16. The average molecular weight is 324 g/mol. The lowest BCUT2D eigenvalue weighted by Crippen LogP contribution is -2.08. The van der Waals surface area contributed by atoms with Crippen molar-refractivity contribution >= 4 is 39.3 Å². The number of carbonyl (C=O) groups is 1. The summed E-state index contributed by atoms with van der Waals surface area (Å²) in [5.41, 5.74) is 0.985. The molecule has 116 valence electrons. The molecular weight excluding hydrogens is 308 g/mol. The van der Waals surface area contributed by atoms with Gasteiger partial charge in [0.15, 0.2) is 5.75 Å². The Morgan fingerprint density at radius 2 is 1.83 bits per heavy atom. The summed E-state index contributed by atoms with van der Waals surface area (Å²) >= 11 is 1.55. The van der Waals surface area contributed by atoms with E-state index in [2.05, 4.69) is 5.10 Å². The van der Waals surface area contributed by atoms with Gasteiger partial charge < -0.3 is 4.74 Å². The molecule has 0 saturated carbocycles. The van der Waals surface area contributed by atoms with E-state index in [0.29, 0.717) is 5.75 Å². The molecule has 3 rings (SSSR count). The number of anilines is 1. The number of thiophene rings is 1. The van der Waals surface area contributed by atoms with Crippen LogP contribution in [0.2, 0.25) is 0 Å². The zero-order chi connectivity index (χ0) is 16.2. The van der Waals surface area contributed by atoms with Crippen LogP contribution in [0.3, 0.4) is 0 Å². The van der Waals surface area contributed by atoms with Crippen molar-refractivity contribution in [1.82, 2.24) is 0 Å². The van der Waals surface area contributed by atoms with Crippen LogP contribution in [0.1, 0.15) is 11.8 Å². The summed E-state index contributed by atoms with van der Waals surface area (Å²) in [4.78, 5) is 12.2. The molecule has 0 bridgehead atoms. The second-order valence-corrected chi connectivity index (χ2v) is 6.07. The predicted octanol–water partition coefficient (Wildman–Crippen LogP) is 4.30. The van der Waals surface area contributed by atoms with Gasteiger partial charge in [0.1, 0.15) is 0 Å².